The molecule has 20 heteroatoms. The van der Waals surface area contributed by atoms with Crippen molar-refractivity contribution in [3.63, 3.8) is 0 Å². The number of benzene rings is 2. The highest BCUT2D eigenvalue weighted by Crippen LogP contribution is 2.40. The Bertz CT molecular complexity index is 3030. The molecule has 4 N–H and O–H groups in total. The van der Waals surface area contributed by atoms with Gasteiger partial charge in [0.25, 0.3) is 5.91 Å². The second-order valence-electron chi connectivity index (χ2n) is 17.1. The fraction of sp³-hybridized carbons (Fsp3) is 0.340. The van der Waals surface area contributed by atoms with Gasteiger partial charge in [-0.1, -0.05) is 27.6 Å². The van der Waals surface area contributed by atoms with Crippen molar-refractivity contribution in [1.82, 2.24) is 46.5 Å². The van der Waals surface area contributed by atoms with E-state index in [2.05, 4.69) is 46.5 Å². The Morgan fingerprint density at radius 2 is 1.12 bits per heavy atom. The summed E-state index contributed by atoms with van der Waals surface area (Å²) in [6.45, 7) is 8.11. The second-order valence-corrected chi connectivity index (χ2v) is 17.1. The summed E-state index contributed by atoms with van der Waals surface area (Å²) in [7, 11) is 0. The predicted octanol–water partition coefficient (Wildman–Crippen LogP) is 6.57. The van der Waals surface area contributed by atoms with Crippen molar-refractivity contribution >= 4 is 35.4 Å². The smallest absolute Gasteiger partial charge is 0.414 e. The van der Waals surface area contributed by atoms with Gasteiger partial charge in [0, 0.05) is 58.8 Å². The van der Waals surface area contributed by atoms with Crippen LogP contribution in [0.15, 0.2) is 68.2 Å². The maximum Gasteiger partial charge on any atom is 0.414 e. The highest BCUT2D eigenvalue weighted by Gasteiger charge is 2.35. The highest BCUT2D eigenvalue weighted by atomic mass is 16.6. The van der Waals surface area contributed by atoms with Crippen LogP contribution in [-0.4, -0.2) is 98.3 Å². The molecule has 0 radical (unpaired) electrons. The molecule has 5 aromatic heterocycles. The standard InChI is InChI=1S/C25H24N6O5.C22H23N5O4/c1-13-8-20(29-35-13)23-19-5-3-4-15-10-16(6-7-18(15)22(19)27-28-23)31-12-17(34-25(31)33)11-26-24(32)21-9-14(2)36-30-21;1-12-8-19(26-31-12)21-18-5-3-4-14-9-15(6-7-17(14)20(18)24-25-21)27-11-16(30-22(27)29)10-23-13(2)28/h6-10,17H,3-5,11-12H2,1-2H3,(H,26,32)(H,27,28);6-9,16H,3-5,10-11H2,1-2H3,(H,23,28)(H,24,25)/t17-;16-/m00/s1. The number of H-pyrrole nitrogens is 2. The number of ether oxygens (including phenoxy) is 2. The Hall–Kier alpha value is -8.03. The number of carbonyl (C=O) groups is 4. The number of amides is 4. The monoisotopic (exact) mass is 909 g/mol. The number of hydrogen-bond acceptors (Lipinski definition) is 14. The van der Waals surface area contributed by atoms with Crippen LogP contribution in [0, 0.1) is 20.8 Å². The molecule has 2 aliphatic carbocycles. The molecule has 344 valence electrons. The first-order valence-corrected chi connectivity index (χ1v) is 22.2. The molecule has 2 atom stereocenters. The van der Waals surface area contributed by atoms with Crippen LogP contribution < -0.4 is 20.4 Å². The van der Waals surface area contributed by atoms with Gasteiger partial charge in [-0.25, -0.2) is 9.59 Å². The minimum atomic E-state index is -0.473. The zero-order valence-corrected chi connectivity index (χ0v) is 37.2. The highest BCUT2D eigenvalue weighted by molar-refractivity contribution is 5.93. The lowest BCUT2D eigenvalue weighted by molar-refractivity contribution is -0.119. The number of rotatable bonds is 9. The van der Waals surface area contributed by atoms with E-state index in [4.69, 9.17) is 23.0 Å². The predicted molar refractivity (Wildman–Crippen MR) is 240 cm³/mol. The van der Waals surface area contributed by atoms with E-state index in [0.29, 0.717) is 25.4 Å². The zero-order valence-electron chi connectivity index (χ0n) is 37.2. The van der Waals surface area contributed by atoms with Gasteiger partial charge in [0.1, 0.15) is 40.9 Å². The van der Waals surface area contributed by atoms with Gasteiger partial charge in [0.15, 0.2) is 5.69 Å². The lowest BCUT2D eigenvalue weighted by Gasteiger charge is -2.16. The molecule has 11 rings (SSSR count). The van der Waals surface area contributed by atoms with Gasteiger partial charge in [-0.2, -0.15) is 10.2 Å². The number of aromatic amines is 2. The SMILES string of the molecule is CC(=O)NC[C@H]1CN(c2ccc3c(c2)CCCc2c-3n[nH]c2-c2cc(C)on2)C(=O)O1.Cc1cc(C(=O)NC[C@H]2CN(c3ccc4c(c3)CCCc3c-4n[nH]c3-c3cc(C)on3)C(=O)O2)no1. The molecule has 2 aliphatic heterocycles. The molecule has 20 nitrogen and oxygen atoms in total. The van der Waals surface area contributed by atoms with E-state index in [9.17, 15) is 19.2 Å². The number of cyclic esters (lactones) is 2. The van der Waals surface area contributed by atoms with E-state index in [-0.39, 0.29) is 30.2 Å². The van der Waals surface area contributed by atoms with Crippen molar-refractivity contribution < 1.29 is 42.2 Å². The molecule has 2 aromatic carbocycles. The summed E-state index contributed by atoms with van der Waals surface area (Å²) in [6, 6.07) is 17.3. The first-order valence-electron chi connectivity index (χ1n) is 22.2. The molecule has 4 amide bonds. The van der Waals surface area contributed by atoms with Crippen LogP contribution in [0.2, 0.25) is 0 Å². The first kappa shape index (κ1) is 42.9. The number of nitrogens with zero attached hydrogens (tertiary/aromatic N) is 7. The van der Waals surface area contributed by atoms with Gasteiger partial charge in [-0.15, -0.1) is 0 Å². The van der Waals surface area contributed by atoms with Gasteiger partial charge in [0.2, 0.25) is 5.91 Å². The van der Waals surface area contributed by atoms with E-state index in [1.165, 1.54) is 6.92 Å². The van der Waals surface area contributed by atoms with Gasteiger partial charge in [-0.3, -0.25) is 29.6 Å². The molecule has 0 unspecified atom stereocenters. The fourth-order valence-electron chi connectivity index (χ4n) is 9.04. The summed E-state index contributed by atoms with van der Waals surface area (Å²) in [5, 5.41) is 32.9. The molecule has 7 aromatic rings. The van der Waals surface area contributed by atoms with Crippen molar-refractivity contribution in [3.05, 3.63) is 99.8 Å². The minimum Gasteiger partial charge on any atom is -0.442 e. The van der Waals surface area contributed by atoms with Gasteiger partial charge >= 0.3 is 12.2 Å². The number of aryl methyl sites for hydroxylation is 5. The molecule has 67 heavy (non-hydrogen) atoms. The maximum absolute atomic E-state index is 12.6. The average Bonchev–Trinajstić information content (AvgIpc) is 4.20. The molecular formula is C47H47N11O9. The average molecular weight is 910 g/mol. The van der Waals surface area contributed by atoms with Crippen LogP contribution in [0.4, 0.5) is 21.0 Å². The van der Waals surface area contributed by atoms with Gasteiger partial charge in [0.05, 0.1) is 49.0 Å². The number of anilines is 2. The lowest BCUT2D eigenvalue weighted by atomic mass is 10.0. The maximum atomic E-state index is 12.6. The van der Waals surface area contributed by atoms with Crippen LogP contribution >= 0.6 is 0 Å². The Kier molecular flexibility index (Phi) is 11.4. The summed E-state index contributed by atoms with van der Waals surface area (Å²) in [4.78, 5) is 51.6. The third-order valence-electron chi connectivity index (χ3n) is 12.2. The van der Waals surface area contributed by atoms with Crippen molar-refractivity contribution in [2.24, 2.45) is 0 Å². The van der Waals surface area contributed by atoms with Crippen LogP contribution in [-0.2, 0) is 40.0 Å². The third kappa shape index (κ3) is 8.64. The van der Waals surface area contributed by atoms with Crippen molar-refractivity contribution in [1.29, 1.82) is 0 Å². The van der Waals surface area contributed by atoms with Gasteiger partial charge in [-0.05, 0) is 94.7 Å². The number of carbonyl (C=O) groups excluding carboxylic acids is 4. The molecule has 0 bridgehead atoms. The fourth-order valence-corrected chi connectivity index (χ4v) is 9.04. The molecule has 4 aliphatic rings. The molecule has 0 saturated carbocycles. The topological polar surface area (TPSA) is 253 Å². The quantitative estimate of drug-likeness (QED) is 0.120. The summed E-state index contributed by atoms with van der Waals surface area (Å²) < 4.78 is 26.3. The normalized spacial score (nSPS) is 17.3. The number of hydrogen-bond donors (Lipinski definition) is 4. The Morgan fingerprint density at radius 1 is 0.642 bits per heavy atom. The van der Waals surface area contributed by atoms with Crippen molar-refractivity contribution in [2.75, 3.05) is 36.0 Å². The Balaban J connectivity index is 0.000000159. The number of nitrogens with one attached hydrogen (secondary N) is 4. The summed E-state index contributed by atoms with van der Waals surface area (Å²) in [5.41, 5.74) is 13.5. The molecule has 2 fully saturated rings. The molecule has 0 spiro atoms. The van der Waals surface area contributed by atoms with Gasteiger partial charge < -0.3 is 33.7 Å². The van der Waals surface area contributed by atoms with Crippen LogP contribution in [0.5, 0.6) is 0 Å². The zero-order chi connectivity index (χ0) is 46.3. The largest absolute Gasteiger partial charge is 0.442 e. The summed E-state index contributed by atoms with van der Waals surface area (Å²) >= 11 is 0. The van der Waals surface area contributed by atoms with E-state index in [0.717, 1.165) is 129 Å². The molecular weight excluding hydrogens is 863 g/mol. The number of fused-ring (bicyclic) bond motifs is 6. The minimum absolute atomic E-state index is 0.144. The van der Waals surface area contributed by atoms with Crippen LogP contribution in [0.1, 0.15) is 69.8 Å². The Morgan fingerprint density at radius 3 is 1.57 bits per heavy atom. The summed E-state index contributed by atoms with van der Waals surface area (Å²) in [5.74, 6) is 1.53. The van der Waals surface area contributed by atoms with E-state index in [1.807, 2.05) is 62.4 Å². The summed E-state index contributed by atoms with van der Waals surface area (Å²) in [6.07, 6.45) is 3.71. The van der Waals surface area contributed by atoms with E-state index in [1.54, 1.807) is 22.8 Å². The Labute approximate surface area is 382 Å². The van der Waals surface area contributed by atoms with Crippen LogP contribution in [0.3, 0.4) is 0 Å². The molecule has 2 saturated heterocycles. The molecule has 7 heterocycles. The van der Waals surface area contributed by atoms with Crippen LogP contribution in [0.25, 0.3) is 45.3 Å². The number of aromatic nitrogens is 7. The van der Waals surface area contributed by atoms with Crippen molar-refractivity contribution in [2.45, 2.75) is 78.4 Å². The second kappa shape index (κ2) is 17.7. The van der Waals surface area contributed by atoms with Crippen molar-refractivity contribution in [3.8, 4) is 45.3 Å². The van der Waals surface area contributed by atoms with E-state index < -0.39 is 18.3 Å². The lowest BCUT2D eigenvalue weighted by Crippen LogP contribution is -2.34. The first-order chi connectivity index (χ1) is 32.4. The van der Waals surface area contributed by atoms with E-state index >= 15 is 0 Å². The third-order valence-corrected chi connectivity index (χ3v) is 12.2.